The first-order valence-corrected chi connectivity index (χ1v) is 8.10. The zero-order valence-electron chi connectivity index (χ0n) is 15.0. The van der Waals surface area contributed by atoms with Gasteiger partial charge in [-0.1, -0.05) is 5.16 Å². The summed E-state index contributed by atoms with van der Waals surface area (Å²) in [5.74, 6) is -0.242. The summed E-state index contributed by atoms with van der Waals surface area (Å²) in [6, 6.07) is 5.63. The first-order valence-electron chi connectivity index (χ1n) is 8.10. The number of hydrogen-bond acceptors (Lipinski definition) is 7. The smallest absolute Gasteiger partial charge is 0.294 e. The molecule has 0 radical (unpaired) electrons. The monoisotopic (exact) mass is 384 g/mol. The molecular formula is C17H16N6O5. The zero-order valence-corrected chi connectivity index (χ0v) is 15.0. The summed E-state index contributed by atoms with van der Waals surface area (Å²) in [5.41, 5.74) is 0.115. The molecule has 0 bridgehead atoms. The van der Waals surface area contributed by atoms with Crippen LogP contribution in [0.15, 0.2) is 47.5 Å². The molecule has 0 saturated carbocycles. The van der Waals surface area contributed by atoms with Crippen LogP contribution in [0.1, 0.15) is 16.1 Å². The molecule has 11 heteroatoms. The molecule has 3 rings (SSSR count). The second-order valence-corrected chi connectivity index (χ2v) is 5.96. The van der Waals surface area contributed by atoms with E-state index in [1.165, 1.54) is 48.4 Å². The van der Waals surface area contributed by atoms with Gasteiger partial charge in [-0.05, 0) is 19.1 Å². The first kappa shape index (κ1) is 18.8. The number of nitrogens with zero attached hydrogens (tertiary/aromatic N) is 5. The van der Waals surface area contributed by atoms with Gasteiger partial charge in [-0.15, -0.1) is 0 Å². The number of benzene rings is 1. The van der Waals surface area contributed by atoms with Crippen LogP contribution in [0.4, 0.5) is 11.5 Å². The molecule has 28 heavy (non-hydrogen) atoms. The average molecular weight is 384 g/mol. The molecular weight excluding hydrogens is 368 g/mol. The van der Waals surface area contributed by atoms with Crippen molar-refractivity contribution in [2.45, 2.75) is 6.92 Å². The molecule has 2 aromatic heterocycles. The third-order valence-electron chi connectivity index (χ3n) is 3.82. The molecule has 0 spiro atoms. The fourth-order valence-electron chi connectivity index (χ4n) is 2.54. The molecule has 0 saturated heterocycles. The standard InChI is InChI=1S/C17H16N6O5/c1-11-7-15(20-28-11)19-16(24)9-21(2)17(25)12-3-4-13(14(8-12)23(26)27)22-6-5-18-10-22/h3-8,10H,9H2,1-2H3,(H,19,20,24). The van der Waals surface area contributed by atoms with Gasteiger partial charge in [-0.2, -0.15) is 0 Å². The maximum atomic E-state index is 12.6. The molecule has 2 amide bonds. The van der Waals surface area contributed by atoms with Crippen molar-refractivity contribution in [2.24, 2.45) is 0 Å². The van der Waals surface area contributed by atoms with Crippen LogP contribution in [0.2, 0.25) is 0 Å². The number of aromatic nitrogens is 3. The van der Waals surface area contributed by atoms with Gasteiger partial charge < -0.3 is 19.3 Å². The van der Waals surface area contributed by atoms with E-state index in [2.05, 4.69) is 15.5 Å². The van der Waals surface area contributed by atoms with Crippen molar-refractivity contribution in [1.82, 2.24) is 19.6 Å². The van der Waals surface area contributed by atoms with Gasteiger partial charge in [-0.3, -0.25) is 19.7 Å². The van der Waals surface area contributed by atoms with Crippen molar-refractivity contribution >= 4 is 23.3 Å². The molecule has 0 aliphatic rings. The third-order valence-corrected chi connectivity index (χ3v) is 3.82. The number of amides is 2. The van der Waals surface area contributed by atoms with Gasteiger partial charge in [0.1, 0.15) is 11.4 Å². The molecule has 0 unspecified atom stereocenters. The fraction of sp³-hybridized carbons (Fsp3) is 0.176. The van der Waals surface area contributed by atoms with Gasteiger partial charge in [0.15, 0.2) is 5.82 Å². The van der Waals surface area contributed by atoms with E-state index in [9.17, 15) is 19.7 Å². The van der Waals surface area contributed by atoms with Crippen LogP contribution in [0.5, 0.6) is 0 Å². The lowest BCUT2D eigenvalue weighted by molar-refractivity contribution is -0.384. The number of rotatable bonds is 6. The molecule has 3 aromatic rings. The van der Waals surface area contributed by atoms with Crippen molar-refractivity contribution in [3.05, 3.63) is 64.4 Å². The highest BCUT2D eigenvalue weighted by molar-refractivity contribution is 5.99. The Morgan fingerprint density at radius 1 is 1.36 bits per heavy atom. The highest BCUT2D eigenvalue weighted by Gasteiger charge is 2.21. The Hall–Kier alpha value is -4.02. The van der Waals surface area contributed by atoms with Crippen molar-refractivity contribution in [3.8, 4) is 5.69 Å². The van der Waals surface area contributed by atoms with E-state index in [4.69, 9.17) is 4.52 Å². The van der Waals surface area contributed by atoms with E-state index in [1.807, 2.05) is 0 Å². The molecule has 1 N–H and O–H groups in total. The largest absolute Gasteiger partial charge is 0.360 e. The maximum absolute atomic E-state index is 12.6. The molecule has 0 aliphatic carbocycles. The lowest BCUT2D eigenvalue weighted by Gasteiger charge is -2.16. The van der Waals surface area contributed by atoms with Gasteiger partial charge >= 0.3 is 0 Å². The van der Waals surface area contributed by atoms with Crippen molar-refractivity contribution < 1.29 is 19.0 Å². The number of likely N-dealkylation sites (N-methyl/N-ethyl adjacent to an activating group) is 1. The third kappa shape index (κ3) is 4.03. The molecule has 0 atom stereocenters. The Balaban J connectivity index is 1.75. The van der Waals surface area contributed by atoms with Crippen LogP contribution in [-0.4, -0.2) is 49.9 Å². The van der Waals surface area contributed by atoms with E-state index >= 15 is 0 Å². The Bertz CT molecular complexity index is 1030. The minimum absolute atomic E-state index is 0.0862. The average Bonchev–Trinajstić information content (AvgIpc) is 3.32. The van der Waals surface area contributed by atoms with Gasteiger partial charge in [-0.25, -0.2) is 4.98 Å². The Morgan fingerprint density at radius 2 is 2.14 bits per heavy atom. The fourth-order valence-corrected chi connectivity index (χ4v) is 2.54. The molecule has 2 heterocycles. The van der Waals surface area contributed by atoms with Gasteiger partial charge in [0.25, 0.3) is 11.6 Å². The molecule has 144 valence electrons. The summed E-state index contributed by atoms with van der Waals surface area (Å²) in [5, 5.41) is 17.6. The van der Waals surface area contributed by atoms with E-state index < -0.39 is 16.7 Å². The summed E-state index contributed by atoms with van der Waals surface area (Å²) < 4.78 is 6.32. The number of hydrogen-bond donors (Lipinski definition) is 1. The van der Waals surface area contributed by atoms with Crippen molar-refractivity contribution in [2.75, 3.05) is 18.9 Å². The van der Waals surface area contributed by atoms with Crippen molar-refractivity contribution in [1.29, 1.82) is 0 Å². The number of carbonyl (C=O) groups is 2. The highest BCUT2D eigenvalue weighted by Crippen LogP contribution is 2.24. The van der Waals surface area contributed by atoms with Gasteiger partial charge in [0.2, 0.25) is 5.91 Å². The van der Waals surface area contributed by atoms with E-state index in [0.717, 1.165) is 4.90 Å². The molecule has 0 aliphatic heterocycles. The zero-order chi connectivity index (χ0) is 20.3. The van der Waals surface area contributed by atoms with Crippen LogP contribution in [-0.2, 0) is 4.79 Å². The van der Waals surface area contributed by atoms with E-state index in [0.29, 0.717) is 5.76 Å². The topological polar surface area (TPSA) is 136 Å². The van der Waals surface area contributed by atoms with Crippen LogP contribution in [0, 0.1) is 17.0 Å². The number of anilines is 1. The van der Waals surface area contributed by atoms with Crippen molar-refractivity contribution in [3.63, 3.8) is 0 Å². The first-order chi connectivity index (χ1) is 13.3. The minimum Gasteiger partial charge on any atom is -0.360 e. The summed E-state index contributed by atoms with van der Waals surface area (Å²) in [6.07, 6.45) is 4.48. The second kappa shape index (κ2) is 7.70. The SMILES string of the molecule is Cc1cc(NC(=O)CN(C)C(=O)c2ccc(-n3ccnc3)c([N+](=O)[O-])c2)no1. The van der Waals surface area contributed by atoms with Crippen LogP contribution in [0.3, 0.4) is 0 Å². The number of aryl methyl sites for hydroxylation is 1. The second-order valence-electron chi connectivity index (χ2n) is 5.96. The van der Waals surface area contributed by atoms with Crippen LogP contribution in [0.25, 0.3) is 5.69 Å². The summed E-state index contributed by atoms with van der Waals surface area (Å²) in [7, 11) is 1.42. The Morgan fingerprint density at radius 3 is 2.75 bits per heavy atom. The Kier molecular flexibility index (Phi) is 5.16. The number of nitro benzene ring substituents is 1. The highest BCUT2D eigenvalue weighted by atomic mass is 16.6. The van der Waals surface area contributed by atoms with E-state index in [1.54, 1.807) is 13.1 Å². The predicted molar refractivity (Wildman–Crippen MR) is 97.0 cm³/mol. The van der Waals surface area contributed by atoms with E-state index in [-0.39, 0.29) is 29.3 Å². The number of nitro groups is 1. The quantitative estimate of drug-likeness (QED) is 0.505. The number of nitrogens with one attached hydrogen (secondary N) is 1. The lowest BCUT2D eigenvalue weighted by atomic mass is 10.1. The van der Waals surface area contributed by atoms with Gasteiger partial charge in [0, 0.05) is 37.1 Å². The molecule has 1 aromatic carbocycles. The normalized spacial score (nSPS) is 10.5. The molecule has 0 fully saturated rings. The number of carbonyl (C=O) groups excluding carboxylic acids is 2. The van der Waals surface area contributed by atoms with Gasteiger partial charge in [0.05, 0.1) is 17.8 Å². The lowest BCUT2D eigenvalue weighted by Crippen LogP contribution is -2.35. The maximum Gasteiger partial charge on any atom is 0.294 e. The molecule has 11 nitrogen and oxygen atoms in total. The Labute approximate surface area is 158 Å². The summed E-state index contributed by atoms with van der Waals surface area (Å²) in [6.45, 7) is 1.42. The summed E-state index contributed by atoms with van der Waals surface area (Å²) >= 11 is 0. The summed E-state index contributed by atoms with van der Waals surface area (Å²) in [4.78, 5) is 40.5. The number of imidazole rings is 1. The minimum atomic E-state index is -0.578. The van der Waals surface area contributed by atoms with Crippen LogP contribution >= 0.6 is 0 Å². The predicted octanol–water partition coefficient (Wildman–Crippen LogP) is 1.79. The van der Waals surface area contributed by atoms with Crippen LogP contribution < -0.4 is 5.32 Å².